The molecule has 0 fully saturated rings. The second kappa shape index (κ2) is 8.76. The van der Waals surface area contributed by atoms with E-state index in [9.17, 15) is 8.42 Å². The van der Waals surface area contributed by atoms with Crippen molar-refractivity contribution in [1.82, 2.24) is 9.71 Å². The van der Waals surface area contributed by atoms with Gasteiger partial charge in [-0.1, -0.05) is 0 Å². The smallest absolute Gasteiger partial charge is 0.240 e. The zero-order valence-electron chi connectivity index (χ0n) is 16.5. The summed E-state index contributed by atoms with van der Waals surface area (Å²) in [7, 11) is -2.08. The van der Waals surface area contributed by atoms with E-state index in [4.69, 9.17) is 18.6 Å². The Balaban J connectivity index is 1.38. The number of aromatic nitrogens is 1. The maximum atomic E-state index is 12.6. The normalized spacial score (nSPS) is 13.6. The summed E-state index contributed by atoms with van der Waals surface area (Å²) in [4.78, 5) is 4.55. The second-order valence-electron chi connectivity index (χ2n) is 6.68. The lowest BCUT2D eigenvalue weighted by atomic mass is 10.2. The molecular weight excluding hydrogens is 408 g/mol. The SMILES string of the molecule is COc1ccc(-c2nc(CCNS(=O)(=O)c3ccc4c(c3)OCCCO4)co2)cc1. The molecule has 1 aromatic heterocycles. The predicted octanol–water partition coefficient (Wildman–Crippen LogP) is 3.03. The molecule has 0 aliphatic carbocycles. The number of benzene rings is 2. The zero-order chi connectivity index (χ0) is 21.0. The summed E-state index contributed by atoms with van der Waals surface area (Å²) in [6.07, 6.45) is 2.68. The highest BCUT2D eigenvalue weighted by molar-refractivity contribution is 7.89. The number of methoxy groups -OCH3 is 1. The van der Waals surface area contributed by atoms with Crippen LogP contribution in [0.3, 0.4) is 0 Å². The molecule has 8 nitrogen and oxygen atoms in total. The van der Waals surface area contributed by atoms with Crippen LogP contribution in [0.4, 0.5) is 0 Å². The maximum Gasteiger partial charge on any atom is 0.240 e. The molecule has 1 N–H and O–H groups in total. The molecule has 4 rings (SSSR count). The van der Waals surface area contributed by atoms with Crippen LogP contribution in [0.25, 0.3) is 11.5 Å². The van der Waals surface area contributed by atoms with Crippen LogP contribution in [0, 0.1) is 0 Å². The van der Waals surface area contributed by atoms with Crippen molar-refractivity contribution in [2.45, 2.75) is 17.7 Å². The third-order valence-corrected chi connectivity index (χ3v) is 6.05. The van der Waals surface area contributed by atoms with Crippen molar-refractivity contribution < 1.29 is 27.0 Å². The van der Waals surface area contributed by atoms with Gasteiger partial charge in [-0.15, -0.1) is 0 Å². The lowest BCUT2D eigenvalue weighted by Gasteiger charge is -2.10. The van der Waals surface area contributed by atoms with Gasteiger partial charge in [0, 0.05) is 31.0 Å². The summed E-state index contributed by atoms with van der Waals surface area (Å²) in [5.41, 5.74) is 1.47. The molecule has 3 aromatic rings. The Morgan fingerprint density at radius 1 is 1.07 bits per heavy atom. The molecule has 9 heteroatoms. The summed E-state index contributed by atoms with van der Waals surface area (Å²) in [6.45, 7) is 1.23. The predicted molar refractivity (Wildman–Crippen MR) is 109 cm³/mol. The van der Waals surface area contributed by atoms with Gasteiger partial charge in [-0.25, -0.2) is 18.1 Å². The van der Waals surface area contributed by atoms with Crippen molar-refractivity contribution in [3.8, 4) is 28.7 Å². The molecule has 0 amide bonds. The quantitative estimate of drug-likeness (QED) is 0.615. The highest BCUT2D eigenvalue weighted by Crippen LogP contribution is 2.31. The lowest BCUT2D eigenvalue weighted by Crippen LogP contribution is -2.26. The molecule has 0 radical (unpaired) electrons. The fourth-order valence-electron chi connectivity index (χ4n) is 3.00. The number of sulfonamides is 1. The highest BCUT2D eigenvalue weighted by atomic mass is 32.2. The van der Waals surface area contributed by atoms with Gasteiger partial charge >= 0.3 is 0 Å². The average Bonchev–Trinajstić information content (AvgIpc) is 3.10. The molecule has 1 aliphatic rings. The molecule has 158 valence electrons. The van der Waals surface area contributed by atoms with Gasteiger partial charge in [0.2, 0.25) is 15.9 Å². The molecule has 0 unspecified atom stereocenters. The van der Waals surface area contributed by atoms with Crippen LogP contribution in [-0.2, 0) is 16.4 Å². The largest absolute Gasteiger partial charge is 0.497 e. The molecule has 0 saturated carbocycles. The molecule has 2 heterocycles. The fraction of sp³-hybridized carbons (Fsp3) is 0.286. The van der Waals surface area contributed by atoms with Crippen molar-refractivity contribution >= 4 is 10.0 Å². The number of hydrogen-bond acceptors (Lipinski definition) is 7. The van der Waals surface area contributed by atoms with Gasteiger partial charge in [-0.05, 0) is 36.4 Å². The number of ether oxygens (including phenoxy) is 3. The van der Waals surface area contributed by atoms with Crippen LogP contribution < -0.4 is 18.9 Å². The van der Waals surface area contributed by atoms with Gasteiger partial charge in [-0.3, -0.25) is 0 Å². The number of hydrogen-bond donors (Lipinski definition) is 1. The highest BCUT2D eigenvalue weighted by Gasteiger charge is 2.19. The Morgan fingerprint density at radius 2 is 1.83 bits per heavy atom. The molecule has 0 spiro atoms. The first-order valence-electron chi connectivity index (χ1n) is 9.53. The number of nitrogens with zero attached hydrogens (tertiary/aromatic N) is 1. The minimum absolute atomic E-state index is 0.130. The van der Waals surface area contributed by atoms with Crippen molar-refractivity contribution in [3.05, 3.63) is 54.4 Å². The van der Waals surface area contributed by atoms with Crippen LogP contribution in [0.15, 0.2) is 58.0 Å². The Hall–Kier alpha value is -3.04. The van der Waals surface area contributed by atoms with E-state index in [1.165, 1.54) is 18.4 Å². The maximum absolute atomic E-state index is 12.6. The molecule has 2 aromatic carbocycles. The summed E-state index contributed by atoms with van der Waals surface area (Å²) in [5.74, 6) is 2.21. The first-order chi connectivity index (χ1) is 14.5. The molecule has 1 aliphatic heterocycles. The Kier molecular flexibility index (Phi) is 5.91. The molecule has 0 atom stereocenters. The van der Waals surface area contributed by atoms with Crippen LogP contribution in [0.1, 0.15) is 12.1 Å². The van der Waals surface area contributed by atoms with Gasteiger partial charge in [0.1, 0.15) is 12.0 Å². The van der Waals surface area contributed by atoms with E-state index >= 15 is 0 Å². The van der Waals surface area contributed by atoms with Crippen molar-refractivity contribution in [2.24, 2.45) is 0 Å². The minimum atomic E-state index is -3.69. The fourth-order valence-corrected chi connectivity index (χ4v) is 4.04. The second-order valence-corrected chi connectivity index (χ2v) is 8.45. The Bertz CT molecular complexity index is 1110. The van der Waals surface area contributed by atoms with Crippen LogP contribution in [-0.4, -0.2) is 40.3 Å². The first kappa shape index (κ1) is 20.2. The number of oxazole rings is 1. The van der Waals surface area contributed by atoms with Crippen molar-refractivity contribution in [2.75, 3.05) is 26.9 Å². The van der Waals surface area contributed by atoms with Gasteiger partial charge in [0.15, 0.2) is 11.5 Å². The van der Waals surface area contributed by atoms with Crippen LogP contribution in [0.5, 0.6) is 17.2 Å². The van der Waals surface area contributed by atoms with Crippen molar-refractivity contribution in [1.29, 1.82) is 0 Å². The molecular formula is C21H22N2O6S. The average molecular weight is 430 g/mol. The minimum Gasteiger partial charge on any atom is -0.497 e. The van der Waals surface area contributed by atoms with Gasteiger partial charge in [0.05, 0.1) is 30.9 Å². The van der Waals surface area contributed by atoms with Gasteiger partial charge in [-0.2, -0.15) is 0 Å². The number of nitrogens with one attached hydrogen (secondary N) is 1. The lowest BCUT2D eigenvalue weighted by molar-refractivity contribution is 0.297. The molecule has 0 bridgehead atoms. The van der Waals surface area contributed by atoms with Gasteiger partial charge < -0.3 is 18.6 Å². The summed E-state index contributed by atoms with van der Waals surface area (Å²) < 4.78 is 49.6. The van der Waals surface area contributed by atoms with Gasteiger partial charge in [0.25, 0.3) is 0 Å². The number of fused-ring (bicyclic) bond motifs is 1. The molecule has 30 heavy (non-hydrogen) atoms. The van der Waals surface area contributed by atoms with E-state index in [1.807, 2.05) is 24.3 Å². The monoisotopic (exact) mass is 430 g/mol. The van der Waals surface area contributed by atoms with Crippen LogP contribution in [0.2, 0.25) is 0 Å². The van der Waals surface area contributed by atoms with E-state index in [1.54, 1.807) is 13.2 Å². The summed E-state index contributed by atoms with van der Waals surface area (Å²) >= 11 is 0. The van der Waals surface area contributed by atoms with Crippen molar-refractivity contribution in [3.63, 3.8) is 0 Å². The first-order valence-corrected chi connectivity index (χ1v) is 11.0. The van der Waals surface area contributed by atoms with E-state index in [-0.39, 0.29) is 11.4 Å². The summed E-state index contributed by atoms with van der Waals surface area (Å²) in [6, 6.07) is 12.0. The zero-order valence-corrected chi connectivity index (χ0v) is 17.3. The van der Waals surface area contributed by atoms with E-state index in [0.29, 0.717) is 42.7 Å². The van der Waals surface area contributed by atoms with E-state index < -0.39 is 10.0 Å². The van der Waals surface area contributed by atoms with E-state index in [2.05, 4.69) is 9.71 Å². The number of rotatable bonds is 7. The Morgan fingerprint density at radius 3 is 2.60 bits per heavy atom. The third kappa shape index (κ3) is 4.58. The topological polar surface area (TPSA) is 99.9 Å². The standard InChI is InChI=1S/C21H22N2O6S/c1-26-17-5-3-15(4-6-17)21-23-16(14-29-21)9-10-22-30(24,25)18-7-8-19-20(13-18)28-12-2-11-27-19/h3-8,13-14,22H,2,9-12H2,1H3. The Labute approximate surface area is 174 Å². The summed E-state index contributed by atoms with van der Waals surface area (Å²) in [5, 5.41) is 0. The third-order valence-electron chi connectivity index (χ3n) is 4.59. The van der Waals surface area contributed by atoms with E-state index in [0.717, 1.165) is 17.7 Å². The van der Waals surface area contributed by atoms with Crippen LogP contribution >= 0.6 is 0 Å². The molecule has 0 saturated heterocycles.